The molecule has 4 rings (SSSR count). The Labute approximate surface area is 137 Å². The second-order valence-electron chi connectivity index (χ2n) is 5.68. The third kappa shape index (κ3) is 2.76. The number of carbonyl (C=O) groups is 1. The molecule has 1 saturated carbocycles. The topological polar surface area (TPSA) is 72.7 Å². The summed E-state index contributed by atoms with van der Waals surface area (Å²) in [6, 6.07) is 9.40. The van der Waals surface area contributed by atoms with E-state index in [-0.39, 0.29) is 17.6 Å². The summed E-state index contributed by atoms with van der Waals surface area (Å²) in [5.41, 5.74) is 2.41. The largest absolute Gasteiger partial charge is 0.320 e. The predicted octanol–water partition coefficient (Wildman–Crippen LogP) is 2.93. The highest BCUT2D eigenvalue weighted by Crippen LogP contribution is 2.42. The Morgan fingerprint density at radius 3 is 2.50 bits per heavy atom. The van der Waals surface area contributed by atoms with E-state index in [2.05, 4.69) is 20.6 Å². The number of pyridine rings is 1. The number of halogens is 1. The van der Waals surface area contributed by atoms with Crippen molar-refractivity contribution < 1.29 is 9.18 Å². The van der Waals surface area contributed by atoms with E-state index >= 15 is 0 Å². The Morgan fingerprint density at radius 2 is 1.83 bits per heavy atom. The van der Waals surface area contributed by atoms with E-state index in [1.807, 2.05) is 0 Å². The molecule has 6 nitrogen and oxygen atoms in total. The fraction of sp³-hybridized carbons (Fsp3) is 0.176. The molecule has 1 aromatic carbocycles. The van der Waals surface area contributed by atoms with E-state index in [1.54, 1.807) is 41.3 Å². The van der Waals surface area contributed by atoms with Gasteiger partial charge in [-0.3, -0.25) is 9.78 Å². The Morgan fingerprint density at radius 1 is 1.12 bits per heavy atom. The number of nitrogens with zero attached hydrogens (tertiary/aromatic N) is 4. The number of rotatable bonds is 4. The number of carbonyl (C=O) groups excluding carboxylic acids is 1. The number of nitrogens with one attached hydrogen (secondary N) is 1. The fourth-order valence-corrected chi connectivity index (χ4v) is 2.57. The Kier molecular flexibility index (Phi) is 3.53. The molecule has 3 aromatic rings. The molecule has 0 spiro atoms. The SMILES string of the molecule is O=C(Nc1ccncc1)c1nnn(-c2ccc(F)cc2)c1C1CC1. The smallest absolute Gasteiger partial charge is 0.278 e. The molecular formula is C17H14FN5O. The zero-order chi connectivity index (χ0) is 16.5. The summed E-state index contributed by atoms with van der Waals surface area (Å²) in [4.78, 5) is 16.5. The second-order valence-corrected chi connectivity index (χ2v) is 5.68. The van der Waals surface area contributed by atoms with Gasteiger partial charge in [-0.1, -0.05) is 5.21 Å². The first-order chi connectivity index (χ1) is 11.7. The number of benzene rings is 1. The first-order valence-electron chi connectivity index (χ1n) is 7.65. The lowest BCUT2D eigenvalue weighted by atomic mass is 10.2. The van der Waals surface area contributed by atoms with E-state index in [1.165, 1.54) is 12.1 Å². The zero-order valence-corrected chi connectivity index (χ0v) is 12.7. The second kappa shape index (κ2) is 5.84. The first-order valence-corrected chi connectivity index (χ1v) is 7.65. The molecular weight excluding hydrogens is 309 g/mol. The minimum absolute atomic E-state index is 0.253. The van der Waals surface area contributed by atoms with Crippen LogP contribution in [0.25, 0.3) is 5.69 Å². The lowest BCUT2D eigenvalue weighted by molar-refractivity contribution is 0.102. The van der Waals surface area contributed by atoms with Gasteiger partial charge in [0, 0.05) is 24.0 Å². The van der Waals surface area contributed by atoms with Gasteiger partial charge in [0.25, 0.3) is 5.91 Å². The van der Waals surface area contributed by atoms with Gasteiger partial charge in [0.05, 0.1) is 11.4 Å². The van der Waals surface area contributed by atoms with Crippen LogP contribution in [-0.4, -0.2) is 25.9 Å². The van der Waals surface area contributed by atoms with Crippen molar-refractivity contribution >= 4 is 11.6 Å². The standard InChI is InChI=1S/C17H14FN5O/c18-12-3-5-14(6-4-12)23-16(11-1-2-11)15(21-22-23)17(24)20-13-7-9-19-10-8-13/h3-11H,1-2H2,(H,19,20,24). The van der Waals surface area contributed by atoms with Crippen molar-refractivity contribution in [2.45, 2.75) is 18.8 Å². The van der Waals surface area contributed by atoms with Gasteiger partial charge in [-0.05, 0) is 49.2 Å². The Bertz CT molecular complexity index is 872. The molecule has 0 unspecified atom stereocenters. The number of aromatic nitrogens is 4. The van der Waals surface area contributed by atoms with E-state index in [0.29, 0.717) is 17.1 Å². The van der Waals surface area contributed by atoms with Crippen LogP contribution < -0.4 is 5.32 Å². The molecule has 120 valence electrons. The molecule has 0 saturated heterocycles. The molecule has 2 heterocycles. The summed E-state index contributed by atoms with van der Waals surface area (Å²) in [5, 5.41) is 11.0. The van der Waals surface area contributed by atoms with E-state index in [0.717, 1.165) is 18.5 Å². The van der Waals surface area contributed by atoms with E-state index in [4.69, 9.17) is 0 Å². The Balaban J connectivity index is 1.69. The molecule has 1 aliphatic rings. The normalized spacial score (nSPS) is 13.7. The maximum Gasteiger partial charge on any atom is 0.278 e. The summed E-state index contributed by atoms with van der Waals surface area (Å²) >= 11 is 0. The Hall–Kier alpha value is -3.09. The summed E-state index contributed by atoms with van der Waals surface area (Å²) in [5.74, 6) is -0.373. The number of anilines is 1. The minimum atomic E-state index is -0.317. The van der Waals surface area contributed by atoms with Crippen molar-refractivity contribution in [3.8, 4) is 5.69 Å². The van der Waals surface area contributed by atoms with Crippen molar-refractivity contribution in [3.63, 3.8) is 0 Å². The van der Waals surface area contributed by atoms with Crippen LogP contribution in [-0.2, 0) is 0 Å². The van der Waals surface area contributed by atoms with Crippen LogP contribution in [0.5, 0.6) is 0 Å². The van der Waals surface area contributed by atoms with Crippen LogP contribution >= 0.6 is 0 Å². The highest BCUT2D eigenvalue weighted by molar-refractivity contribution is 6.03. The third-order valence-electron chi connectivity index (χ3n) is 3.89. The van der Waals surface area contributed by atoms with Gasteiger partial charge in [0.1, 0.15) is 5.82 Å². The summed E-state index contributed by atoms with van der Waals surface area (Å²) < 4.78 is 14.8. The van der Waals surface area contributed by atoms with Gasteiger partial charge >= 0.3 is 0 Å². The molecule has 0 bridgehead atoms. The zero-order valence-electron chi connectivity index (χ0n) is 12.7. The van der Waals surface area contributed by atoms with Gasteiger partial charge in [-0.15, -0.1) is 5.10 Å². The minimum Gasteiger partial charge on any atom is -0.320 e. The van der Waals surface area contributed by atoms with E-state index < -0.39 is 0 Å². The summed E-state index contributed by atoms with van der Waals surface area (Å²) in [6.45, 7) is 0. The first kappa shape index (κ1) is 14.5. The van der Waals surface area contributed by atoms with Crippen LogP contribution in [0.4, 0.5) is 10.1 Å². The quantitative estimate of drug-likeness (QED) is 0.801. The molecule has 1 aliphatic carbocycles. The monoisotopic (exact) mass is 323 g/mol. The average Bonchev–Trinajstić information content (AvgIpc) is 3.34. The van der Waals surface area contributed by atoms with Gasteiger partial charge < -0.3 is 5.32 Å². The van der Waals surface area contributed by atoms with Crippen molar-refractivity contribution in [3.05, 3.63) is 66.0 Å². The molecule has 1 amide bonds. The number of hydrogen-bond donors (Lipinski definition) is 1. The highest BCUT2D eigenvalue weighted by atomic mass is 19.1. The van der Waals surface area contributed by atoms with Gasteiger partial charge in [0.15, 0.2) is 5.69 Å². The van der Waals surface area contributed by atoms with E-state index in [9.17, 15) is 9.18 Å². The molecule has 1 N–H and O–H groups in total. The number of amides is 1. The average molecular weight is 323 g/mol. The van der Waals surface area contributed by atoms with Crippen LogP contribution in [0.2, 0.25) is 0 Å². The van der Waals surface area contributed by atoms with Crippen molar-refractivity contribution in [1.82, 2.24) is 20.0 Å². The molecule has 0 aliphatic heterocycles. The fourth-order valence-electron chi connectivity index (χ4n) is 2.57. The lowest BCUT2D eigenvalue weighted by Gasteiger charge is -2.07. The molecule has 1 fully saturated rings. The van der Waals surface area contributed by atoms with Gasteiger partial charge in [-0.2, -0.15) is 0 Å². The molecule has 0 atom stereocenters. The maximum atomic E-state index is 13.1. The van der Waals surface area contributed by atoms with Crippen LogP contribution in [0.3, 0.4) is 0 Å². The van der Waals surface area contributed by atoms with Crippen LogP contribution in [0.1, 0.15) is 34.9 Å². The highest BCUT2D eigenvalue weighted by Gasteiger charge is 2.34. The number of hydrogen-bond acceptors (Lipinski definition) is 4. The van der Waals surface area contributed by atoms with Gasteiger partial charge in [-0.25, -0.2) is 9.07 Å². The lowest BCUT2D eigenvalue weighted by Crippen LogP contribution is -2.15. The van der Waals surface area contributed by atoms with Gasteiger partial charge in [0.2, 0.25) is 0 Å². The molecule has 24 heavy (non-hydrogen) atoms. The summed E-state index contributed by atoms with van der Waals surface area (Å²) in [6.07, 6.45) is 5.19. The van der Waals surface area contributed by atoms with Crippen molar-refractivity contribution in [2.75, 3.05) is 5.32 Å². The van der Waals surface area contributed by atoms with Crippen LogP contribution in [0, 0.1) is 5.82 Å². The maximum absolute atomic E-state index is 13.1. The third-order valence-corrected chi connectivity index (χ3v) is 3.89. The summed E-state index contributed by atoms with van der Waals surface area (Å²) in [7, 11) is 0. The molecule has 7 heteroatoms. The van der Waals surface area contributed by atoms with Crippen LogP contribution in [0.15, 0.2) is 48.8 Å². The van der Waals surface area contributed by atoms with Crippen molar-refractivity contribution in [1.29, 1.82) is 0 Å². The predicted molar refractivity (Wildman–Crippen MR) is 85.5 cm³/mol. The molecule has 2 aromatic heterocycles. The molecule has 0 radical (unpaired) electrons. The van der Waals surface area contributed by atoms with Crippen molar-refractivity contribution in [2.24, 2.45) is 0 Å².